The third kappa shape index (κ3) is 6.62. The second kappa shape index (κ2) is 11.1. The van der Waals surface area contributed by atoms with Crippen LogP contribution in [0, 0.1) is 11.8 Å². The number of benzene rings is 2. The first-order valence-electron chi connectivity index (χ1n) is 12.9. The number of carbonyl (C=O) groups is 2. The minimum absolute atomic E-state index is 0.0273. The summed E-state index contributed by atoms with van der Waals surface area (Å²) in [6, 6.07) is 19.8. The third-order valence-electron chi connectivity index (χ3n) is 6.80. The fourth-order valence-corrected chi connectivity index (χ4v) is 4.95. The van der Waals surface area contributed by atoms with E-state index in [0.717, 1.165) is 54.4 Å². The second-order valence-electron chi connectivity index (χ2n) is 10.9. The van der Waals surface area contributed by atoms with Crippen molar-refractivity contribution in [3.05, 3.63) is 66.2 Å². The molecule has 0 unspecified atom stereocenters. The monoisotopic (exact) mass is 487 g/mol. The Balaban J connectivity index is 1.38. The lowest BCUT2D eigenvalue weighted by molar-refractivity contribution is 0.0510. The zero-order valence-electron chi connectivity index (χ0n) is 21.8. The van der Waals surface area contributed by atoms with Crippen molar-refractivity contribution < 1.29 is 14.3 Å². The van der Waals surface area contributed by atoms with Gasteiger partial charge in [-0.3, -0.25) is 4.79 Å². The molecule has 1 aromatic heterocycles. The molecule has 0 bridgehead atoms. The van der Waals surface area contributed by atoms with Crippen LogP contribution in [0.4, 0.5) is 4.79 Å². The number of hydrogen-bond donors (Lipinski definition) is 1. The number of ether oxygens (including phenoxy) is 1. The number of pyridine rings is 1. The van der Waals surface area contributed by atoms with E-state index < -0.39 is 5.60 Å². The molecule has 0 saturated heterocycles. The SMILES string of the molecule is CN(CC1CCC(CNC(=O)OC(C)(C)C)CC1)C(=O)c1cc(-c2ccccc2)nc2ccccc12. The van der Waals surface area contributed by atoms with Crippen molar-refractivity contribution >= 4 is 22.9 Å². The molecule has 1 fully saturated rings. The van der Waals surface area contributed by atoms with Crippen molar-refractivity contribution in [2.45, 2.75) is 52.1 Å². The van der Waals surface area contributed by atoms with Gasteiger partial charge in [0.2, 0.25) is 0 Å². The first kappa shape index (κ1) is 25.7. The zero-order valence-corrected chi connectivity index (χ0v) is 21.8. The van der Waals surface area contributed by atoms with E-state index in [4.69, 9.17) is 9.72 Å². The fraction of sp³-hybridized carbons (Fsp3) is 0.433. The molecular formula is C30H37N3O3. The van der Waals surface area contributed by atoms with Gasteiger partial charge in [0.1, 0.15) is 5.60 Å². The third-order valence-corrected chi connectivity index (χ3v) is 6.80. The standard InChI is InChI=1S/C30H37N3O3/c1-30(2,3)36-29(35)31-19-21-14-16-22(17-15-21)20-33(4)28(34)25-18-27(23-10-6-5-7-11-23)32-26-13-9-8-12-24(25)26/h5-13,18,21-22H,14-17,19-20H2,1-4H3,(H,31,35). The Morgan fingerprint density at radius 2 is 1.61 bits per heavy atom. The molecule has 0 atom stereocenters. The van der Waals surface area contributed by atoms with Gasteiger partial charge in [0.05, 0.1) is 16.8 Å². The fourth-order valence-electron chi connectivity index (χ4n) is 4.95. The van der Waals surface area contributed by atoms with Crippen LogP contribution in [-0.2, 0) is 4.74 Å². The maximum absolute atomic E-state index is 13.6. The smallest absolute Gasteiger partial charge is 0.407 e. The summed E-state index contributed by atoms with van der Waals surface area (Å²) in [6.07, 6.45) is 3.82. The van der Waals surface area contributed by atoms with Crippen LogP contribution in [0.2, 0.25) is 0 Å². The Labute approximate surface area is 214 Å². The maximum atomic E-state index is 13.6. The Hall–Kier alpha value is -3.41. The highest BCUT2D eigenvalue weighted by Crippen LogP contribution is 2.30. The largest absolute Gasteiger partial charge is 0.444 e. The summed E-state index contributed by atoms with van der Waals surface area (Å²) in [5.74, 6) is 0.935. The van der Waals surface area contributed by atoms with Crippen LogP contribution in [0.5, 0.6) is 0 Å². The highest BCUT2D eigenvalue weighted by Gasteiger charge is 2.26. The highest BCUT2D eigenvalue weighted by molar-refractivity contribution is 6.07. The van der Waals surface area contributed by atoms with Crippen molar-refractivity contribution in [3.8, 4) is 11.3 Å². The Morgan fingerprint density at radius 1 is 0.972 bits per heavy atom. The molecule has 1 N–H and O–H groups in total. The van der Waals surface area contributed by atoms with Gasteiger partial charge in [-0.1, -0.05) is 48.5 Å². The van der Waals surface area contributed by atoms with E-state index in [-0.39, 0.29) is 12.0 Å². The number of rotatable bonds is 6. The molecule has 190 valence electrons. The topological polar surface area (TPSA) is 71.5 Å². The first-order chi connectivity index (χ1) is 17.2. The summed E-state index contributed by atoms with van der Waals surface area (Å²) < 4.78 is 5.34. The molecule has 1 aliphatic carbocycles. The highest BCUT2D eigenvalue weighted by atomic mass is 16.6. The molecular weight excluding hydrogens is 450 g/mol. The molecule has 4 rings (SSSR count). The van der Waals surface area contributed by atoms with Gasteiger partial charge in [0, 0.05) is 31.1 Å². The van der Waals surface area contributed by atoms with Crippen molar-refractivity contribution in [2.75, 3.05) is 20.1 Å². The van der Waals surface area contributed by atoms with Crippen LogP contribution >= 0.6 is 0 Å². The van der Waals surface area contributed by atoms with E-state index in [9.17, 15) is 9.59 Å². The predicted octanol–water partition coefficient (Wildman–Crippen LogP) is 6.30. The number of nitrogens with zero attached hydrogens (tertiary/aromatic N) is 2. The Bertz CT molecular complexity index is 1200. The summed E-state index contributed by atoms with van der Waals surface area (Å²) in [7, 11) is 1.90. The molecule has 6 heteroatoms. The molecule has 0 aliphatic heterocycles. The van der Waals surface area contributed by atoms with Gasteiger partial charge in [-0.05, 0) is 70.4 Å². The molecule has 0 radical (unpaired) electrons. The summed E-state index contributed by atoms with van der Waals surface area (Å²) >= 11 is 0. The van der Waals surface area contributed by atoms with Gasteiger partial charge in [-0.25, -0.2) is 9.78 Å². The lowest BCUT2D eigenvalue weighted by Gasteiger charge is -2.31. The molecule has 2 amide bonds. The lowest BCUT2D eigenvalue weighted by atomic mass is 9.81. The number of alkyl carbamates (subject to hydrolysis) is 1. The Morgan fingerprint density at radius 3 is 2.31 bits per heavy atom. The number of hydrogen-bond acceptors (Lipinski definition) is 4. The molecule has 6 nitrogen and oxygen atoms in total. The normalized spacial score (nSPS) is 18.0. The van der Waals surface area contributed by atoms with Crippen LogP contribution in [0.25, 0.3) is 22.2 Å². The van der Waals surface area contributed by atoms with E-state index in [1.54, 1.807) is 0 Å². The molecule has 36 heavy (non-hydrogen) atoms. The van der Waals surface area contributed by atoms with Crippen LogP contribution in [0.15, 0.2) is 60.7 Å². The number of carbonyl (C=O) groups excluding carboxylic acids is 2. The van der Waals surface area contributed by atoms with Gasteiger partial charge < -0.3 is 15.0 Å². The summed E-state index contributed by atoms with van der Waals surface area (Å²) in [4.78, 5) is 32.2. The van der Waals surface area contributed by atoms with Gasteiger partial charge in [0.25, 0.3) is 5.91 Å². The average molecular weight is 488 g/mol. The number of amides is 2. The van der Waals surface area contributed by atoms with Crippen molar-refractivity contribution in [1.29, 1.82) is 0 Å². The number of aromatic nitrogens is 1. The summed E-state index contributed by atoms with van der Waals surface area (Å²) in [6.45, 7) is 6.97. The van der Waals surface area contributed by atoms with Crippen LogP contribution < -0.4 is 5.32 Å². The van der Waals surface area contributed by atoms with Gasteiger partial charge in [-0.15, -0.1) is 0 Å². The van der Waals surface area contributed by atoms with E-state index >= 15 is 0 Å². The maximum Gasteiger partial charge on any atom is 0.407 e. The molecule has 0 spiro atoms. The van der Waals surface area contributed by atoms with Crippen LogP contribution in [-0.4, -0.2) is 47.6 Å². The van der Waals surface area contributed by atoms with Crippen molar-refractivity contribution in [3.63, 3.8) is 0 Å². The van der Waals surface area contributed by atoms with Crippen molar-refractivity contribution in [1.82, 2.24) is 15.2 Å². The van der Waals surface area contributed by atoms with Gasteiger partial charge >= 0.3 is 6.09 Å². The molecule has 1 saturated carbocycles. The number of para-hydroxylation sites is 1. The minimum Gasteiger partial charge on any atom is -0.444 e. The first-order valence-corrected chi connectivity index (χ1v) is 12.9. The quantitative estimate of drug-likeness (QED) is 0.443. The van der Waals surface area contributed by atoms with E-state index in [0.29, 0.717) is 23.9 Å². The number of nitrogens with one attached hydrogen (secondary N) is 1. The van der Waals surface area contributed by atoms with Crippen LogP contribution in [0.1, 0.15) is 56.8 Å². The number of fused-ring (bicyclic) bond motifs is 1. The minimum atomic E-state index is -0.485. The second-order valence-corrected chi connectivity index (χ2v) is 10.9. The van der Waals surface area contributed by atoms with Crippen LogP contribution in [0.3, 0.4) is 0 Å². The molecule has 2 aromatic carbocycles. The van der Waals surface area contributed by atoms with E-state index in [1.165, 1.54) is 0 Å². The van der Waals surface area contributed by atoms with E-state index in [2.05, 4.69) is 5.32 Å². The summed E-state index contributed by atoms with van der Waals surface area (Å²) in [5, 5.41) is 3.79. The molecule has 1 heterocycles. The van der Waals surface area contributed by atoms with Gasteiger partial charge in [-0.2, -0.15) is 0 Å². The Kier molecular flexibility index (Phi) is 7.92. The lowest BCUT2D eigenvalue weighted by Crippen LogP contribution is -2.37. The van der Waals surface area contributed by atoms with Crippen molar-refractivity contribution in [2.24, 2.45) is 11.8 Å². The average Bonchev–Trinajstić information content (AvgIpc) is 2.86. The zero-order chi connectivity index (χ0) is 25.7. The van der Waals surface area contributed by atoms with Gasteiger partial charge in [0.15, 0.2) is 0 Å². The summed E-state index contributed by atoms with van der Waals surface area (Å²) in [5.41, 5.74) is 2.84. The molecule has 3 aromatic rings. The van der Waals surface area contributed by atoms with E-state index in [1.807, 2.05) is 93.4 Å². The predicted molar refractivity (Wildman–Crippen MR) is 144 cm³/mol. The molecule has 1 aliphatic rings.